The van der Waals surface area contributed by atoms with Gasteiger partial charge in [-0.1, -0.05) is 11.3 Å². The molecule has 0 bridgehead atoms. The lowest BCUT2D eigenvalue weighted by Crippen LogP contribution is -1.93. The van der Waals surface area contributed by atoms with Crippen LogP contribution in [0.2, 0.25) is 0 Å². The molecule has 0 saturated carbocycles. The van der Waals surface area contributed by atoms with Crippen LogP contribution in [0.3, 0.4) is 0 Å². The molecule has 0 atom stereocenters. The van der Waals surface area contributed by atoms with Crippen LogP contribution >= 0.6 is 23.1 Å². The predicted octanol–water partition coefficient (Wildman–Crippen LogP) is 3.08. The third-order valence-corrected chi connectivity index (χ3v) is 5.02. The van der Waals surface area contributed by atoms with Crippen molar-refractivity contribution in [2.75, 3.05) is 12.4 Å². The minimum Gasteiger partial charge on any atom is -0.497 e. The molecule has 2 aromatic heterocycles. The highest BCUT2D eigenvalue weighted by atomic mass is 32.2. The molecule has 0 aliphatic carbocycles. The molecule has 1 aromatic carbocycles. The molecule has 11 heteroatoms. The standard InChI is InChI=1S/C13H12N6O3S2/c1-18-7-14-10(19(20)21)11(18)23-13-17-16-12(24-13)15-8-3-5-9(22-2)6-4-8/h3-7H,1-2H3,(H,15,16). The van der Waals surface area contributed by atoms with Crippen LogP contribution in [-0.4, -0.2) is 31.8 Å². The Balaban J connectivity index is 1.74. The zero-order valence-corrected chi connectivity index (χ0v) is 14.3. The van der Waals surface area contributed by atoms with Gasteiger partial charge in [-0.3, -0.25) is 0 Å². The molecule has 0 spiro atoms. The van der Waals surface area contributed by atoms with Gasteiger partial charge >= 0.3 is 5.82 Å². The summed E-state index contributed by atoms with van der Waals surface area (Å²) in [6.45, 7) is 0. The van der Waals surface area contributed by atoms with Crippen molar-refractivity contribution >= 4 is 39.7 Å². The van der Waals surface area contributed by atoms with Crippen molar-refractivity contribution in [1.29, 1.82) is 0 Å². The van der Waals surface area contributed by atoms with Crippen LogP contribution in [0.15, 0.2) is 40.0 Å². The monoisotopic (exact) mass is 364 g/mol. The molecular weight excluding hydrogens is 352 g/mol. The summed E-state index contributed by atoms with van der Waals surface area (Å²) in [6.07, 6.45) is 1.40. The lowest BCUT2D eigenvalue weighted by atomic mass is 10.3. The fraction of sp³-hybridized carbons (Fsp3) is 0.154. The number of rotatable bonds is 6. The van der Waals surface area contributed by atoms with Crippen LogP contribution in [0, 0.1) is 10.1 Å². The normalized spacial score (nSPS) is 10.6. The maximum atomic E-state index is 11.0. The molecule has 0 aliphatic rings. The minimum absolute atomic E-state index is 0.192. The van der Waals surface area contributed by atoms with Crippen molar-refractivity contribution in [2.24, 2.45) is 7.05 Å². The number of ether oxygens (including phenoxy) is 1. The summed E-state index contributed by atoms with van der Waals surface area (Å²) in [4.78, 5) is 14.2. The molecule has 0 radical (unpaired) electrons. The minimum atomic E-state index is -0.514. The molecule has 3 rings (SSSR count). The average molecular weight is 364 g/mol. The van der Waals surface area contributed by atoms with Gasteiger partial charge in [0.1, 0.15) is 5.75 Å². The number of methoxy groups -OCH3 is 1. The van der Waals surface area contributed by atoms with Gasteiger partial charge < -0.3 is 24.7 Å². The van der Waals surface area contributed by atoms with Gasteiger partial charge in [0, 0.05) is 12.7 Å². The number of nitro groups is 1. The molecule has 124 valence electrons. The first kappa shape index (κ1) is 16.2. The first-order valence-electron chi connectivity index (χ1n) is 6.65. The second kappa shape index (κ2) is 6.84. The summed E-state index contributed by atoms with van der Waals surface area (Å²) in [5.74, 6) is 0.569. The fourth-order valence-corrected chi connectivity index (χ4v) is 3.63. The van der Waals surface area contributed by atoms with E-state index in [1.54, 1.807) is 18.7 Å². The van der Waals surface area contributed by atoms with E-state index in [0.717, 1.165) is 23.2 Å². The van der Waals surface area contributed by atoms with Crippen LogP contribution < -0.4 is 10.1 Å². The zero-order valence-electron chi connectivity index (χ0n) is 12.7. The largest absolute Gasteiger partial charge is 0.497 e. The number of hydrogen-bond acceptors (Lipinski definition) is 9. The van der Waals surface area contributed by atoms with Gasteiger partial charge in [0.15, 0.2) is 9.37 Å². The number of aryl methyl sites for hydroxylation is 1. The van der Waals surface area contributed by atoms with Gasteiger partial charge in [-0.05, 0) is 45.9 Å². The van der Waals surface area contributed by atoms with Gasteiger partial charge in [0.05, 0.1) is 7.11 Å². The zero-order chi connectivity index (χ0) is 17.1. The predicted molar refractivity (Wildman–Crippen MR) is 90.2 cm³/mol. The third-order valence-electron chi connectivity index (χ3n) is 2.97. The Labute approximate surface area is 144 Å². The quantitative estimate of drug-likeness (QED) is 0.525. The van der Waals surface area contributed by atoms with E-state index in [2.05, 4.69) is 20.5 Å². The van der Waals surface area contributed by atoms with Crippen LogP contribution in [0.4, 0.5) is 16.6 Å². The maximum absolute atomic E-state index is 11.0. The fourth-order valence-electron chi connectivity index (χ4n) is 1.83. The summed E-state index contributed by atoms with van der Waals surface area (Å²) < 4.78 is 7.27. The van der Waals surface area contributed by atoms with E-state index in [0.29, 0.717) is 14.5 Å². The van der Waals surface area contributed by atoms with E-state index < -0.39 is 4.92 Å². The Bertz CT molecular complexity index is 861. The van der Waals surface area contributed by atoms with Crippen LogP contribution in [0.1, 0.15) is 0 Å². The molecule has 2 heterocycles. The van der Waals surface area contributed by atoms with Crippen molar-refractivity contribution in [3.05, 3.63) is 40.7 Å². The smallest absolute Gasteiger partial charge is 0.396 e. The molecule has 0 unspecified atom stereocenters. The highest BCUT2D eigenvalue weighted by Gasteiger charge is 2.22. The Morgan fingerprint density at radius 3 is 2.75 bits per heavy atom. The van der Waals surface area contributed by atoms with Gasteiger partial charge in [0.25, 0.3) is 0 Å². The van der Waals surface area contributed by atoms with Crippen molar-refractivity contribution in [3.63, 3.8) is 0 Å². The number of aromatic nitrogens is 4. The highest BCUT2D eigenvalue weighted by molar-refractivity contribution is 8.01. The van der Waals surface area contributed by atoms with Gasteiger partial charge in [0.2, 0.25) is 11.5 Å². The van der Waals surface area contributed by atoms with Crippen molar-refractivity contribution in [1.82, 2.24) is 19.7 Å². The topological polar surface area (TPSA) is 108 Å². The molecule has 0 saturated heterocycles. The van der Waals surface area contributed by atoms with Crippen LogP contribution in [0.25, 0.3) is 0 Å². The maximum Gasteiger partial charge on any atom is 0.396 e. The summed E-state index contributed by atoms with van der Waals surface area (Å²) in [5.41, 5.74) is 0.843. The SMILES string of the molecule is COc1ccc(Nc2nnc(Sc3c([N+](=O)[O-])ncn3C)s2)cc1. The Hall–Kier alpha value is -2.66. The Kier molecular flexibility index (Phi) is 4.62. The molecule has 1 N–H and O–H groups in total. The number of anilines is 2. The van der Waals surface area contributed by atoms with Gasteiger partial charge in [-0.25, -0.2) is 0 Å². The Morgan fingerprint density at radius 2 is 2.08 bits per heavy atom. The van der Waals surface area contributed by atoms with Crippen LogP contribution in [-0.2, 0) is 7.05 Å². The van der Waals surface area contributed by atoms with E-state index in [9.17, 15) is 10.1 Å². The third kappa shape index (κ3) is 3.46. The Morgan fingerprint density at radius 1 is 1.33 bits per heavy atom. The molecule has 0 aliphatic heterocycles. The lowest BCUT2D eigenvalue weighted by molar-refractivity contribution is -0.392. The molecular formula is C13H12N6O3S2. The average Bonchev–Trinajstić information content (AvgIpc) is 3.16. The molecule has 24 heavy (non-hydrogen) atoms. The van der Waals surface area contributed by atoms with E-state index in [1.165, 1.54) is 17.7 Å². The van der Waals surface area contributed by atoms with E-state index in [4.69, 9.17) is 4.74 Å². The lowest BCUT2D eigenvalue weighted by Gasteiger charge is -2.03. The number of nitrogens with zero attached hydrogens (tertiary/aromatic N) is 5. The van der Waals surface area contributed by atoms with Crippen molar-refractivity contribution < 1.29 is 9.66 Å². The highest BCUT2D eigenvalue weighted by Crippen LogP contribution is 2.36. The van der Waals surface area contributed by atoms with Crippen LogP contribution in [0.5, 0.6) is 5.75 Å². The summed E-state index contributed by atoms with van der Waals surface area (Å²) in [7, 11) is 3.30. The number of hydrogen-bond donors (Lipinski definition) is 1. The van der Waals surface area contributed by atoms with E-state index in [1.807, 2.05) is 24.3 Å². The number of nitrogens with one attached hydrogen (secondary N) is 1. The summed E-state index contributed by atoms with van der Waals surface area (Å²) in [5, 5.41) is 23.2. The molecule has 0 fully saturated rings. The van der Waals surface area contributed by atoms with E-state index >= 15 is 0 Å². The van der Waals surface area contributed by atoms with Crippen molar-refractivity contribution in [2.45, 2.75) is 9.37 Å². The molecule has 0 amide bonds. The molecule has 9 nitrogen and oxygen atoms in total. The van der Waals surface area contributed by atoms with Gasteiger partial charge in [-0.2, -0.15) is 0 Å². The summed E-state index contributed by atoms with van der Waals surface area (Å²) >= 11 is 2.46. The number of imidazole rings is 1. The van der Waals surface area contributed by atoms with Gasteiger partial charge in [-0.15, -0.1) is 10.2 Å². The second-order valence-electron chi connectivity index (χ2n) is 4.57. The molecule has 3 aromatic rings. The second-order valence-corrected chi connectivity index (χ2v) is 6.78. The van der Waals surface area contributed by atoms with Crippen molar-refractivity contribution in [3.8, 4) is 5.75 Å². The first-order chi connectivity index (χ1) is 11.6. The van der Waals surface area contributed by atoms with E-state index in [-0.39, 0.29) is 5.82 Å². The first-order valence-corrected chi connectivity index (χ1v) is 8.28. The number of benzene rings is 1. The summed E-state index contributed by atoms with van der Waals surface area (Å²) in [6, 6.07) is 7.38.